The number of hydrogen-bond acceptors (Lipinski definition) is 4. The van der Waals surface area contributed by atoms with Gasteiger partial charge in [0.05, 0.1) is 10.0 Å². The van der Waals surface area contributed by atoms with Crippen LogP contribution in [0.25, 0.3) is 0 Å². The van der Waals surface area contributed by atoms with Crippen molar-refractivity contribution < 1.29 is 9.72 Å². The standard InChI is InChI=1S/C11H14BrN3O3/c1-7(2)3-4-13-11(16)8-5-10(15(17)18)14-6-9(8)12/h5-7H,3-4H2,1-2H3,(H,13,16). The van der Waals surface area contributed by atoms with Gasteiger partial charge in [0.2, 0.25) is 0 Å². The number of halogens is 1. The molecule has 0 aromatic carbocycles. The lowest BCUT2D eigenvalue weighted by Gasteiger charge is -2.07. The molecule has 1 N–H and O–H groups in total. The summed E-state index contributed by atoms with van der Waals surface area (Å²) in [5.74, 6) is -0.194. The average Bonchev–Trinajstić information content (AvgIpc) is 2.28. The van der Waals surface area contributed by atoms with Crippen molar-refractivity contribution in [1.82, 2.24) is 10.3 Å². The number of aromatic nitrogens is 1. The van der Waals surface area contributed by atoms with Crippen molar-refractivity contribution in [2.45, 2.75) is 20.3 Å². The predicted octanol–water partition coefficient (Wildman–Crippen LogP) is 2.53. The first-order valence-corrected chi connectivity index (χ1v) is 6.29. The van der Waals surface area contributed by atoms with Gasteiger partial charge < -0.3 is 15.4 Å². The predicted molar refractivity (Wildman–Crippen MR) is 70.4 cm³/mol. The fourth-order valence-electron chi connectivity index (χ4n) is 1.27. The van der Waals surface area contributed by atoms with Gasteiger partial charge in [0.1, 0.15) is 0 Å². The molecule has 7 heteroatoms. The summed E-state index contributed by atoms with van der Waals surface area (Å²) in [6, 6.07) is 1.16. The summed E-state index contributed by atoms with van der Waals surface area (Å²) in [7, 11) is 0. The van der Waals surface area contributed by atoms with Gasteiger partial charge in [0.25, 0.3) is 5.91 Å². The quantitative estimate of drug-likeness (QED) is 0.668. The lowest BCUT2D eigenvalue weighted by Crippen LogP contribution is -2.25. The molecule has 0 saturated carbocycles. The average molecular weight is 316 g/mol. The second-order valence-electron chi connectivity index (χ2n) is 4.22. The van der Waals surface area contributed by atoms with Crippen molar-refractivity contribution in [3.63, 3.8) is 0 Å². The normalized spacial score (nSPS) is 10.4. The van der Waals surface area contributed by atoms with E-state index < -0.39 is 4.92 Å². The topological polar surface area (TPSA) is 85.1 Å². The number of amides is 1. The molecule has 1 heterocycles. The summed E-state index contributed by atoms with van der Waals surface area (Å²) in [4.78, 5) is 25.4. The van der Waals surface area contributed by atoms with E-state index >= 15 is 0 Å². The molecule has 0 saturated heterocycles. The molecule has 1 amide bonds. The maximum atomic E-state index is 11.8. The van der Waals surface area contributed by atoms with Gasteiger partial charge in [0, 0.05) is 12.6 Å². The number of pyridine rings is 1. The summed E-state index contributed by atoms with van der Waals surface area (Å²) in [5, 5.41) is 13.3. The zero-order valence-electron chi connectivity index (χ0n) is 10.1. The second-order valence-corrected chi connectivity index (χ2v) is 5.07. The summed E-state index contributed by atoms with van der Waals surface area (Å²) in [5.41, 5.74) is 0.223. The van der Waals surface area contributed by atoms with E-state index in [1.807, 2.05) is 0 Å². The highest BCUT2D eigenvalue weighted by atomic mass is 79.9. The molecular formula is C11H14BrN3O3. The summed E-state index contributed by atoms with van der Waals surface area (Å²) in [6.07, 6.45) is 2.12. The summed E-state index contributed by atoms with van der Waals surface area (Å²) >= 11 is 3.16. The van der Waals surface area contributed by atoms with Crippen LogP contribution in [0.3, 0.4) is 0 Å². The minimum Gasteiger partial charge on any atom is -0.358 e. The lowest BCUT2D eigenvalue weighted by atomic mass is 10.1. The maximum absolute atomic E-state index is 11.8. The van der Waals surface area contributed by atoms with Gasteiger partial charge >= 0.3 is 5.82 Å². The molecule has 0 aliphatic carbocycles. The van der Waals surface area contributed by atoms with E-state index in [2.05, 4.69) is 40.1 Å². The summed E-state index contributed by atoms with van der Waals surface area (Å²) < 4.78 is 0.440. The highest BCUT2D eigenvalue weighted by molar-refractivity contribution is 9.10. The zero-order valence-corrected chi connectivity index (χ0v) is 11.7. The van der Waals surface area contributed by atoms with Crippen LogP contribution in [-0.4, -0.2) is 22.4 Å². The number of nitrogens with zero attached hydrogens (tertiary/aromatic N) is 2. The lowest BCUT2D eigenvalue weighted by molar-refractivity contribution is -0.389. The molecule has 1 aromatic rings. The molecule has 0 bridgehead atoms. The Labute approximate surface area is 113 Å². The number of rotatable bonds is 5. The Morgan fingerprint density at radius 1 is 1.61 bits per heavy atom. The van der Waals surface area contributed by atoms with Gasteiger partial charge in [-0.3, -0.25) is 4.79 Å². The Bertz CT molecular complexity index is 463. The first-order valence-electron chi connectivity index (χ1n) is 5.50. The van der Waals surface area contributed by atoms with Gasteiger partial charge in [-0.2, -0.15) is 0 Å². The molecule has 0 fully saturated rings. The Kier molecular flexibility index (Phi) is 5.21. The number of hydrogen-bond donors (Lipinski definition) is 1. The fourth-order valence-corrected chi connectivity index (χ4v) is 1.67. The van der Waals surface area contributed by atoms with E-state index in [-0.39, 0.29) is 17.3 Å². The molecule has 18 heavy (non-hydrogen) atoms. The van der Waals surface area contributed by atoms with E-state index in [0.717, 1.165) is 12.5 Å². The third-order valence-corrected chi connectivity index (χ3v) is 2.91. The van der Waals surface area contributed by atoms with Crippen LogP contribution < -0.4 is 5.32 Å². The van der Waals surface area contributed by atoms with E-state index in [4.69, 9.17) is 0 Å². The van der Waals surface area contributed by atoms with Crippen LogP contribution >= 0.6 is 15.9 Å². The molecule has 6 nitrogen and oxygen atoms in total. The van der Waals surface area contributed by atoms with Crippen LogP contribution in [-0.2, 0) is 0 Å². The zero-order chi connectivity index (χ0) is 13.7. The first kappa shape index (κ1) is 14.6. The molecular weight excluding hydrogens is 302 g/mol. The molecule has 0 radical (unpaired) electrons. The largest absolute Gasteiger partial charge is 0.364 e. The first-order chi connectivity index (χ1) is 8.41. The summed E-state index contributed by atoms with van der Waals surface area (Å²) in [6.45, 7) is 4.65. The van der Waals surface area contributed by atoms with Crippen LogP contribution in [0.4, 0.5) is 5.82 Å². The van der Waals surface area contributed by atoms with Gasteiger partial charge in [-0.1, -0.05) is 13.8 Å². The SMILES string of the molecule is CC(C)CCNC(=O)c1cc([N+](=O)[O-])ncc1Br. The molecule has 0 spiro atoms. The maximum Gasteiger partial charge on any atom is 0.364 e. The minimum atomic E-state index is -0.628. The number of nitro groups is 1. The van der Waals surface area contributed by atoms with Crippen molar-refractivity contribution in [2.75, 3.05) is 6.54 Å². The Balaban J connectivity index is 2.78. The van der Waals surface area contributed by atoms with Crippen LogP contribution in [0.15, 0.2) is 16.7 Å². The minimum absolute atomic E-state index is 0.223. The van der Waals surface area contributed by atoms with E-state index in [9.17, 15) is 14.9 Å². The van der Waals surface area contributed by atoms with Gasteiger partial charge in [0.15, 0.2) is 6.20 Å². The molecule has 0 aliphatic heterocycles. The Morgan fingerprint density at radius 3 is 2.83 bits per heavy atom. The number of carbonyl (C=O) groups excluding carboxylic acids is 1. The van der Waals surface area contributed by atoms with Crippen molar-refractivity contribution in [3.05, 3.63) is 32.4 Å². The van der Waals surface area contributed by atoms with Gasteiger partial charge in [-0.15, -0.1) is 0 Å². The molecule has 1 rings (SSSR count). The fraction of sp³-hybridized carbons (Fsp3) is 0.455. The second kappa shape index (κ2) is 6.44. The highest BCUT2D eigenvalue weighted by Gasteiger charge is 2.17. The number of carbonyl (C=O) groups is 1. The van der Waals surface area contributed by atoms with E-state index in [1.54, 1.807) is 0 Å². The highest BCUT2D eigenvalue weighted by Crippen LogP contribution is 2.19. The van der Waals surface area contributed by atoms with Crippen molar-refractivity contribution in [3.8, 4) is 0 Å². The van der Waals surface area contributed by atoms with E-state index in [1.165, 1.54) is 6.20 Å². The van der Waals surface area contributed by atoms with Crippen LogP contribution in [0.2, 0.25) is 0 Å². The molecule has 1 aromatic heterocycles. The Morgan fingerprint density at radius 2 is 2.28 bits per heavy atom. The third kappa shape index (κ3) is 4.06. The third-order valence-electron chi connectivity index (χ3n) is 2.28. The van der Waals surface area contributed by atoms with Crippen molar-refractivity contribution in [1.29, 1.82) is 0 Å². The van der Waals surface area contributed by atoms with Crippen LogP contribution in [0.5, 0.6) is 0 Å². The van der Waals surface area contributed by atoms with Crippen LogP contribution in [0.1, 0.15) is 30.6 Å². The molecule has 0 unspecified atom stereocenters. The van der Waals surface area contributed by atoms with Crippen molar-refractivity contribution >= 4 is 27.7 Å². The van der Waals surface area contributed by atoms with Gasteiger partial charge in [-0.05, 0) is 38.2 Å². The molecule has 0 aliphatic rings. The Hall–Kier alpha value is -1.50. The monoisotopic (exact) mass is 315 g/mol. The molecule has 0 atom stereocenters. The molecule has 98 valence electrons. The number of nitrogens with one attached hydrogen (secondary N) is 1. The van der Waals surface area contributed by atoms with Crippen molar-refractivity contribution in [2.24, 2.45) is 5.92 Å². The van der Waals surface area contributed by atoms with Crippen LogP contribution in [0, 0.1) is 16.0 Å². The van der Waals surface area contributed by atoms with Gasteiger partial charge in [-0.25, -0.2) is 0 Å². The smallest absolute Gasteiger partial charge is 0.358 e. The van der Waals surface area contributed by atoms with E-state index in [0.29, 0.717) is 16.9 Å².